The number of rotatable bonds is 8. The molecule has 0 aliphatic carbocycles. The predicted molar refractivity (Wildman–Crippen MR) is 118 cm³/mol. The molecule has 0 spiro atoms. The number of halogens is 3. The van der Waals surface area contributed by atoms with E-state index in [1.54, 1.807) is 0 Å². The van der Waals surface area contributed by atoms with Crippen molar-refractivity contribution in [1.29, 1.82) is 0 Å². The third-order valence-electron chi connectivity index (χ3n) is 4.61. The number of benzene rings is 3. The molecule has 3 rings (SSSR count). The summed E-state index contributed by atoms with van der Waals surface area (Å²) in [6, 6.07) is 24.5. The highest BCUT2D eigenvalue weighted by Gasteiger charge is 2.30. The lowest BCUT2D eigenvalue weighted by molar-refractivity contribution is -0.160. The molecule has 0 aliphatic rings. The van der Waals surface area contributed by atoms with E-state index in [0.717, 1.165) is 16.0 Å². The van der Waals surface area contributed by atoms with Crippen LogP contribution in [0, 0.1) is 13.8 Å². The Balaban J connectivity index is 1.79. The number of esters is 1. The Kier molecular flexibility index (Phi) is 7.85. The first-order valence-electron chi connectivity index (χ1n) is 10.1. The van der Waals surface area contributed by atoms with Crippen LogP contribution in [0.15, 0.2) is 87.5 Å². The van der Waals surface area contributed by atoms with E-state index in [4.69, 9.17) is 4.74 Å². The molecule has 0 bridgehead atoms. The van der Waals surface area contributed by atoms with E-state index < -0.39 is 31.8 Å². The molecule has 3 nitrogen and oxygen atoms in total. The first kappa shape index (κ1) is 23.7. The minimum atomic E-state index is -4.36. The van der Waals surface area contributed by atoms with Crippen LogP contribution in [0.1, 0.15) is 17.5 Å². The fourth-order valence-electron chi connectivity index (χ4n) is 3.23. The molecule has 0 saturated heterocycles. The van der Waals surface area contributed by atoms with Gasteiger partial charge < -0.3 is 9.47 Å². The van der Waals surface area contributed by atoms with E-state index in [0.29, 0.717) is 5.75 Å². The second-order valence-electron chi connectivity index (χ2n) is 7.19. The zero-order valence-electron chi connectivity index (χ0n) is 17.8. The second kappa shape index (κ2) is 10.6. The van der Waals surface area contributed by atoms with Crippen LogP contribution < -0.4 is 4.74 Å². The molecule has 32 heavy (non-hydrogen) atoms. The van der Waals surface area contributed by atoms with Gasteiger partial charge in [-0.05, 0) is 49.2 Å². The minimum Gasteiger partial charge on any atom is -0.481 e. The van der Waals surface area contributed by atoms with Gasteiger partial charge in [-0.1, -0.05) is 36.4 Å². The molecule has 3 aromatic carbocycles. The maximum atomic E-state index is 12.2. The Bertz CT molecular complexity index is 975. The van der Waals surface area contributed by atoms with Gasteiger partial charge >= 0.3 is 12.1 Å². The smallest absolute Gasteiger partial charge is 0.392 e. The molecule has 7 heteroatoms. The van der Waals surface area contributed by atoms with E-state index in [1.807, 2.05) is 62.4 Å². The van der Waals surface area contributed by atoms with Gasteiger partial charge in [-0.25, -0.2) is 4.79 Å². The Morgan fingerprint density at radius 3 is 1.81 bits per heavy atom. The second-order valence-corrected chi connectivity index (χ2v) is 9.22. The van der Waals surface area contributed by atoms with Crippen LogP contribution in [0.25, 0.3) is 0 Å². The number of hydrogen-bond donors (Lipinski definition) is 0. The van der Waals surface area contributed by atoms with Crippen molar-refractivity contribution in [3.05, 3.63) is 83.9 Å². The summed E-state index contributed by atoms with van der Waals surface area (Å²) in [6.45, 7) is 2.62. The molecule has 0 aliphatic heterocycles. The lowest BCUT2D eigenvalue weighted by Gasteiger charge is -2.14. The third-order valence-corrected chi connectivity index (χ3v) is 6.80. The summed E-state index contributed by atoms with van der Waals surface area (Å²) in [5.41, 5.74) is 1.68. The summed E-state index contributed by atoms with van der Waals surface area (Å²) in [5.74, 6) is -0.295. The molecule has 0 radical (unpaired) electrons. The van der Waals surface area contributed by atoms with Crippen LogP contribution in [-0.2, 0) is 20.4 Å². The molecular formula is C25H24F3O3S+. The normalized spacial score (nSPS) is 11.4. The van der Waals surface area contributed by atoms with Crippen LogP contribution in [0.5, 0.6) is 5.75 Å². The van der Waals surface area contributed by atoms with Crippen molar-refractivity contribution in [2.24, 2.45) is 0 Å². The molecule has 3 aromatic rings. The molecule has 168 valence electrons. The molecule has 0 unspecified atom stereocenters. The van der Waals surface area contributed by atoms with Crippen molar-refractivity contribution in [2.45, 2.75) is 41.1 Å². The third kappa shape index (κ3) is 6.53. The minimum absolute atomic E-state index is 0.323. The maximum Gasteiger partial charge on any atom is 0.392 e. The Morgan fingerprint density at radius 1 is 0.844 bits per heavy atom. The number of aryl methyl sites for hydroxylation is 2. The van der Waals surface area contributed by atoms with Crippen molar-refractivity contribution >= 4 is 16.9 Å². The average Bonchev–Trinajstić information content (AvgIpc) is 2.74. The summed E-state index contributed by atoms with van der Waals surface area (Å²) in [5, 5.41) is 0. The number of hydrogen-bond acceptors (Lipinski definition) is 3. The molecule has 0 fully saturated rings. The van der Waals surface area contributed by atoms with Crippen LogP contribution in [0.3, 0.4) is 0 Å². The largest absolute Gasteiger partial charge is 0.481 e. The summed E-state index contributed by atoms with van der Waals surface area (Å²) in [6.07, 6.45) is -5.54. The quantitative estimate of drug-likeness (QED) is 0.293. The number of carbonyl (C=O) groups is 1. The first-order valence-corrected chi connectivity index (χ1v) is 11.3. The average molecular weight is 462 g/mol. The molecule has 0 saturated carbocycles. The molecule has 0 N–H and O–H groups in total. The highest BCUT2D eigenvalue weighted by molar-refractivity contribution is 7.97. The van der Waals surface area contributed by atoms with Gasteiger partial charge in [-0.15, -0.1) is 0 Å². The summed E-state index contributed by atoms with van der Waals surface area (Å²) < 4.78 is 46.8. The molecule has 0 atom stereocenters. The molecule has 0 amide bonds. The van der Waals surface area contributed by atoms with E-state index in [9.17, 15) is 18.0 Å². The fourth-order valence-corrected chi connectivity index (χ4v) is 5.50. The number of carbonyl (C=O) groups excluding carboxylic acids is 1. The number of ether oxygens (including phenoxy) is 2. The predicted octanol–water partition coefficient (Wildman–Crippen LogP) is 6.27. The van der Waals surface area contributed by atoms with Crippen LogP contribution >= 0.6 is 0 Å². The standard InChI is InChI=1S/C25H24F3O3S/c1-18-15-22(32(20-9-5-3-6-10-20)21-11-7-4-8-12-21)16-19(2)24(18)31-17-23(29)30-14-13-25(26,27)28/h3-12,15-16H,13-14,17H2,1-2H3/q+1. The van der Waals surface area contributed by atoms with Gasteiger partial charge in [0, 0.05) is 12.1 Å². The molecule has 0 aromatic heterocycles. The lowest BCUT2D eigenvalue weighted by atomic mass is 10.1. The Hall–Kier alpha value is -2.93. The van der Waals surface area contributed by atoms with Gasteiger partial charge in [0.25, 0.3) is 0 Å². The van der Waals surface area contributed by atoms with Crippen molar-refractivity contribution in [2.75, 3.05) is 13.2 Å². The topological polar surface area (TPSA) is 35.5 Å². The van der Waals surface area contributed by atoms with E-state index >= 15 is 0 Å². The van der Waals surface area contributed by atoms with Gasteiger partial charge in [0.05, 0.1) is 17.3 Å². The number of alkyl halides is 3. The van der Waals surface area contributed by atoms with E-state index in [-0.39, 0.29) is 10.9 Å². The Morgan fingerprint density at radius 2 is 1.34 bits per heavy atom. The van der Waals surface area contributed by atoms with Crippen molar-refractivity contribution in [1.82, 2.24) is 0 Å². The monoisotopic (exact) mass is 461 g/mol. The van der Waals surface area contributed by atoms with E-state index in [1.165, 1.54) is 9.79 Å². The van der Waals surface area contributed by atoms with E-state index in [2.05, 4.69) is 29.0 Å². The van der Waals surface area contributed by atoms with Gasteiger partial charge in [-0.2, -0.15) is 13.2 Å². The van der Waals surface area contributed by atoms with Crippen molar-refractivity contribution in [3.8, 4) is 5.75 Å². The zero-order valence-corrected chi connectivity index (χ0v) is 18.6. The highest BCUT2D eigenvalue weighted by Crippen LogP contribution is 2.35. The molecular weight excluding hydrogens is 437 g/mol. The summed E-state index contributed by atoms with van der Waals surface area (Å²) >= 11 is 0. The maximum absolute atomic E-state index is 12.2. The van der Waals surface area contributed by atoms with Crippen LogP contribution in [-0.4, -0.2) is 25.4 Å². The zero-order chi connectivity index (χ0) is 23.1. The fraction of sp³-hybridized carbons (Fsp3) is 0.240. The van der Waals surface area contributed by atoms with Gasteiger partial charge in [0.1, 0.15) is 12.4 Å². The van der Waals surface area contributed by atoms with Crippen LogP contribution in [0.4, 0.5) is 13.2 Å². The van der Waals surface area contributed by atoms with Gasteiger partial charge in [0.2, 0.25) is 0 Å². The summed E-state index contributed by atoms with van der Waals surface area (Å²) in [4.78, 5) is 15.2. The highest BCUT2D eigenvalue weighted by atomic mass is 32.2. The molecule has 0 heterocycles. The summed E-state index contributed by atoms with van der Waals surface area (Å²) in [7, 11) is -0.323. The first-order chi connectivity index (χ1) is 15.2. The Labute approximate surface area is 188 Å². The SMILES string of the molecule is Cc1cc([S+](c2ccccc2)c2ccccc2)cc(C)c1OCC(=O)OCCC(F)(F)F. The van der Waals surface area contributed by atoms with Crippen LogP contribution in [0.2, 0.25) is 0 Å². The van der Waals surface area contributed by atoms with Gasteiger partial charge in [-0.3, -0.25) is 0 Å². The van der Waals surface area contributed by atoms with Crippen molar-refractivity contribution < 1.29 is 27.4 Å². The van der Waals surface area contributed by atoms with Crippen molar-refractivity contribution in [3.63, 3.8) is 0 Å². The lowest BCUT2D eigenvalue weighted by Crippen LogP contribution is -2.19. The van der Waals surface area contributed by atoms with Gasteiger partial charge in [0.15, 0.2) is 21.3 Å².